The Morgan fingerprint density at radius 3 is 2.44 bits per heavy atom. The van der Waals surface area contributed by atoms with E-state index in [2.05, 4.69) is 4.98 Å². The van der Waals surface area contributed by atoms with Gasteiger partial charge in [-0.2, -0.15) is 0 Å². The summed E-state index contributed by atoms with van der Waals surface area (Å²) in [6.07, 6.45) is 1.60. The number of benzene rings is 2. The number of nitrogens with zero attached hydrogens (tertiary/aromatic N) is 2. The molecule has 0 atom stereocenters. The number of rotatable bonds is 6. The summed E-state index contributed by atoms with van der Waals surface area (Å²) in [7, 11) is 0. The first-order chi connectivity index (χ1) is 13.1. The number of aromatic nitrogens is 1. The first kappa shape index (κ1) is 19.1. The summed E-state index contributed by atoms with van der Waals surface area (Å²) in [6.45, 7) is 2.49. The van der Waals surface area contributed by atoms with Crippen molar-refractivity contribution in [2.45, 2.75) is 13.5 Å². The Morgan fingerprint density at radius 1 is 1.07 bits per heavy atom. The lowest BCUT2D eigenvalue weighted by Crippen LogP contribution is -2.33. The van der Waals surface area contributed by atoms with Gasteiger partial charge in [0.05, 0.1) is 12.2 Å². The highest BCUT2D eigenvalue weighted by molar-refractivity contribution is 6.33. The Balaban J connectivity index is 2.00. The summed E-state index contributed by atoms with van der Waals surface area (Å²) < 4.78 is 0. The van der Waals surface area contributed by atoms with Crippen molar-refractivity contribution < 1.29 is 9.90 Å². The molecule has 138 valence electrons. The zero-order valence-corrected chi connectivity index (χ0v) is 15.9. The second-order valence-electron chi connectivity index (χ2n) is 6.33. The summed E-state index contributed by atoms with van der Waals surface area (Å²) in [6, 6.07) is 19.4. The van der Waals surface area contributed by atoms with Crippen LogP contribution in [-0.4, -0.2) is 34.0 Å². The van der Waals surface area contributed by atoms with Crippen LogP contribution in [0.3, 0.4) is 0 Å². The average Bonchev–Trinajstić information content (AvgIpc) is 2.68. The fourth-order valence-corrected chi connectivity index (χ4v) is 3.19. The number of aryl methyl sites for hydroxylation is 1. The molecule has 0 spiro atoms. The van der Waals surface area contributed by atoms with E-state index >= 15 is 0 Å². The Kier molecular flexibility index (Phi) is 6.22. The van der Waals surface area contributed by atoms with Crippen molar-refractivity contribution in [2.75, 3.05) is 13.2 Å². The molecular weight excluding hydrogens is 360 g/mol. The smallest absolute Gasteiger partial charge is 0.258 e. The third kappa shape index (κ3) is 4.54. The normalized spacial score (nSPS) is 10.6. The molecule has 0 aliphatic heterocycles. The van der Waals surface area contributed by atoms with Gasteiger partial charge in [-0.15, -0.1) is 0 Å². The number of pyridine rings is 1. The van der Waals surface area contributed by atoms with E-state index in [1.54, 1.807) is 17.2 Å². The molecule has 0 aliphatic rings. The predicted molar refractivity (Wildman–Crippen MR) is 108 cm³/mol. The maximum Gasteiger partial charge on any atom is 0.258 e. The molecular formula is C22H21ClN2O2. The zero-order valence-electron chi connectivity index (χ0n) is 15.1. The van der Waals surface area contributed by atoms with Crippen LogP contribution in [0.15, 0.2) is 66.9 Å². The Morgan fingerprint density at radius 2 is 1.78 bits per heavy atom. The molecule has 1 aromatic heterocycles. The van der Waals surface area contributed by atoms with Gasteiger partial charge in [0.15, 0.2) is 0 Å². The molecule has 1 N–H and O–H groups in total. The van der Waals surface area contributed by atoms with Crippen LogP contribution in [-0.2, 0) is 6.54 Å². The SMILES string of the molecule is Cc1ccc(-c2ccnc(Cl)c2C(=O)N(CCO)Cc2ccccc2)cc1. The minimum atomic E-state index is -0.249. The summed E-state index contributed by atoms with van der Waals surface area (Å²) in [4.78, 5) is 19.0. The summed E-state index contributed by atoms with van der Waals surface area (Å²) in [5.74, 6) is -0.249. The fourth-order valence-electron chi connectivity index (χ4n) is 2.95. The number of aliphatic hydroxyl groups excluding tert-OH is 1. The van der Waals surface area contributed by atoms with Crippen molar-refractivity contribution in [3.8, 4) is 11.1 Å². The van der Waals surface area contributed by atoms with Crippen LogP contribution in [0.2, 0.25) is 5.15 Å². The van der Waals surface area contributed by atoms with Crippen LogP contribution in [0, 0.1) is 6.92 Å². The van der Waals surface area contributed by atoms with Crippen LogP contribution in [0.1, 0.15) is 21.5 Å². The average molecular weight is 381 g/mol. The van der Waals surface area contributed by atoms with Gasteiger partial charge in [0.25, 0.3) is 5.91 Å². The molecule has 0 saturated heterocycles. The zero-order chi connectivity index (χ0) is 19.2. The van der Waals surface area contributed by atoms with E-state index in [1.165, 1.54) is 0 Å². The Bertz CT molecular complexity index is 911. The minimum absolute atomic E-state index is 0.129. The molecule has 3 aromatic rings. The highest BCUT2D eigenvalue weighted by Gasteiger charge is 2.23. The van der Waals surface area contributed by atoms with Crippen LogP contribution in [0.4, 0.5) is 0 Å². The topological polar surface area (TPSA) is 53.4 Å². The molecule has 1 heterocycles. The molecule has 3 rings (SSSR count). The fraction of sp³-hybridized carbons (Fsp3) is 0.182. The van der Waals surface area contributed by atoms with Crippen LogP contribution in [0.25, 0.3) is 11.1 Å². The van der Waals surface area contributed by atoms with Gasteiger partial charge in [0.1, 0.15) is 5.15 Å². The van der Waals surface area contributed by atoms with Gasteiger partial charge in [0.2, 0.25) is 0 Å². The van der Waals surface area contributed by atoms with Crippen molar-refractivity contribution in [1.29, 1.82) is 0 Å². The van der Waals surface area contributed by atoms with Crippen molar-refractivity contribution >= 4 is 17.5 Å². The lowest BCUT2D eigenvalue weighted by molar-refractivity contribution is 0.0708. The molecule has 27 heavy (non-hydrogen) atoms. The summed E-state index contributed by atoms with van der Waals surface area (Å²) in [5, 5.41) is 9.62. The quantitative estimate of drug-likeness (QED) is 0.647. The summed E-state index contributed by atoms with van der Waals surface area (Å²) in [5.41, 5.74) is 4.11. The second kappa shape index (κ2) is 8.80. The minimum Gasteiger partial charge on any atom is -0.395 e. The third-order valence-corrected chi connectivity index (χ3v) is 4.64. The van der Waals surface area contributed by atoms with Gasteiger partial charge >= 0.3 is 0 Å². The highest BCUT2D eigenvalue weighted by Crippen LogP contribution is 2.29. The maximum atomic E-state index is 13.3. The summed E-state index contributed by atoms with van der Waals surface area (Å²) >= 11 is 6.33. The Hall–Kier alpha value is -2.69. The van der Waals surface area contributed by atoms with Gasteiger partial charge in [-0.3, -0.25) is 4.79 Å². The van der Waals surface area contributed by atoms with Crippen LogP contribution < -0.4 is 0 Å². The molecule has 0 bridgehead atoms. The van der Waals surface area contributed by atoms with Gasteiger partial charge in [-0.05, 0) is 29.7 Å². The van der Waals surface area contributed by atoms with Crippen molar-refractivity contribution in [1.82, 2.24) is 9.88 Å². The third-order valence-electron chi connectivity index (χ3n) is 4.35. The standard InChI is InChI=1S/C22H21ClN2O2/c1-16-7-9-18(10-8-16)19-11-12-24-21(23)20(19)22(27)25(13-14-26)15-17-5-3-2-4-6-17/h2-12,26H,13-15H2,1H3. The largest absolute Gasteiger partial charge is 0.395 e. The van der Waals surface area contributed by atoms with Crippen LogP contribution in [0.5, 0.6) is 0 Å². The first-order valence-corrected chi connectivity index (χ1v) is 9.13. The number of hydrogen-bond donors (Lipinski definition) is 1. The van der Waals surface area contributed by atoms with Crippen molar-refractivity contribution in [3.05, 3.63) is 88.7 Å². The molecule has 0 saturated carbocycles. The predicted octanol–water partition coefficient (Wildman–Crippen LogP) is 4.35. The lowest BCUT2D eigenvalue weighted by atomic mass is 9.99. The van der Waals surface area contributed by atoms with Crippen molar-refractivity contribution in [3.63, 3.8) is 0 Å². The molecule has 0 unspecified atom stereocenters. The van der Waals surface area contributed by atoms with E-state index in [4.69, 9.17) is 11.6 Å². The lowest BCUT2D eigenvalue weighted by Gasteiger charge is -2.23. The second-order valence-corrected chi connectivity index (χ2v) is 6.68. The first-order valence-electron chi connectivity index (χ1n) is 8.75. The van der Waals surface area contributed by atoms with Gasteiger partial charge in [-0.1, -0.05) is 71.8 Å². The van der Waals surface area contributed by atoms with E-state index in [1.807, 2.05) is 61.5 Å². The van der Waals surface area contributed by atoms with Gasteiger partial charge < -0.3 is 10.0 Å². The van der Waals surface area contributed by atoms with E-state index in [0.717, 1.165) is 22.3 Å². The molecule has 2 aromatic carbocycles. The molecule has 0 fully saturated rings. The van der Waals surface area contributed by atoms with E-state index in [-0.39, 0.29) is 24.2 Å². The van der Waals surface area contributed by atoms with E-state index < -0.39 is 0 Å². The highest BCUT2D eigenvalue weighted by atomic mass is 35.5. The Labute approximate surface area is 164 Å². The van der Waals surface area contributed by atoms with Crippen molar-refractivity contribution in [2.24, 2.45) is 0 Å². The number of carbonyl (C=O) groups is 1. The van der Waals surface area contributed by atoms with E-state index in [0.29, 0.717) is 12.1 Å². The maximum absolute atomic E-state index is 13.3. The molecule has 1 amide bonds. The monoisotopic (exact) mass is 380 g/mol. The number of halogens is 1. The molecule has 0 aliphatic carbocycles. The molecule has 5 heteroatoms. The van der Waals surface area contributed by atoms with Crippen LogP contribution >= 0.6 is 11.6 Å². The number of carbonyl (C=O) groups excluding carboxylic acids is 1. The van der Waals surface area contributed by atoms with Gasteiger partial charge in [0, 0.05) is 19.3 Å². The number of amides is 1. The number of hydrogen-bond acceptors (Lipinski definition) is 3. The molecule has 4 nitrogen and oxygen atoms in total. The van der Waals surface area contributed by atoms with E-state index in [9.17, 15) is 9.90 Å². The number of aliphatic hydroxyl groups is 1. The van der Waals surface area contributed by atoms with Gasteiger partial charge in [-0.25, -0.2) is 4.98 Å². The molecule has 0 radical (unpaired) electrons.